The molecule has 2 aromatic rings. The van der Waals surface area contributed by atoms with Crippen LogP contribution >= 0.6 is 0 Å². The average Bonchev–Trinajstić information content (AvgIpc) is 3.04. The molecule has 1 saturated heterocycles. The lowest BCUT2D eigenvalue weighted by atomic mass is 9.58. The number of likely N-dealkylation sites (tertiary alicyclic amines) is 1. The van der Waals surface area contributed by atoms with Gasteiger partial charge in [-0.05, 0) is 38.8 Å². The van der Waals surface area contributed by atoms with E-state index in [4.69, 9.17) is 4.74 Å². The molecular weight excluding hydrogens is 318 g/mol. The molecule has 134 valence electrons. The van der Waals surface area contributed by atoms with Crippen LogP contribution in [0.25, 0.3) is 10.9 Å². The average molecular weight is 343 g/mol. The van der Waals surface area contributed by atoms with Gasteiger partial charge in [-0.25, -0.2) is 0 Å². The fourth-order valence-electron chi connectivity index (χ4n) is 4.38. The van der Waals surface area contributed by atoms with Gasteiger partial charge in [-0.15, -0.1) is 0 Å². The topological polar surface area (TPSA) is 78.5 Å². The molecule has 4 rings (SSSR count). The van der Waals surface area contributed by atoms with Crippen molar-refractivity contribution in [1.82, 2.24) is 15.1 Å². The minimum atomic E-state index is -0.310. The van der Waals surface area contributed by atoms with Crippen LogP contribution in [0.1, 0.15) is 42.2 Å². The summed E-state index contributed by atoms with van der Waals surface area (Å²) >= 11 is 0. The molecular formula is C19H25N3O3. The first kappa shape index (κ1) is 16.5. The summed E-state index contributed by atoms with van der Waals surface area (Å²) in [6.07, 6.45) is 2.09. The molecule has 1 saturated carbocycles. The highest BCUT2D eigenvalue weighted by atomic mass is 16.5. The molecule has 2 heterocycles. The van der Waals surface area contributed by atoms with Gasteiger partial charge in [-0.2, -0.15) is 5.10 Å². The molecule has 6 heteroatoms. The first-order chi connectivity index (χ1) is 12.0. The Morgan fingerprint density at radius 2 is 2.20 bits per heavy atom. The Balaban J connectivity index is 1.50. The van der Waals surface area contributed by atoms with Crippen molar-refractivity contribution in [2.24, 2.45) is 5.41 Å². The number of fused-ring (bicyclic) bond motifs is 1. The van der Waals surface area contributed by atoms with Gasteiger partial charge in [-0.1, -0.05) is 11.6 Å². The van der Waals surface area contributed by atoms with E-state index in [1.807, 2.05) is 36.9 Å². The summed E-state index contributed by atoms with van der Waals surface area (Å²) in [4.78, 5) is 14.8. The quantitative estimate of drug-likeness (QED) is 0.896. The molecule has 25 heavy (non-hydrogen) atoms. The van der Waals surface area contributed by atoms with Crippen molar-refractivity contribution in [1.29, 1.82) is 0 Å². The zero-order valence-corrected chi connectivity index (χ0v) is 14.8. The molecule has 1 aromatic heterocycles. The largest absolute Gasteiger partial charge is 0.392 e. The lowest BCUT2D eigenvalue weighted by molar-refractivity contribution is -0.207. The highest BCUT2D eigenvalue weighted by Crippen LogP contribution is 2.51. The van der Waals surface area contributed by atoms with Crippen molar-refractivity contribution in [2.45, 2.75) is 45.3 Å². The minimum absolute atomic E-state index is 0.0338. The van der Waals surface area contributed by atoms with Gasteiger partial charge in [0.2, 0.25) is 0 Å². The SMILES string of the molecule is CCO[C@H]1C[C@H](O)C12CCN(C(=O)c1n[nH]c3ccc(C)cc13)CC2. The minimum Gasteiger partial charge on any atom is -0.392 e. The van der Waals surface area contributed by atoms with Crippen molar-refractivity contribution in [3.63, 3.8) is 0 Å². The number of aliphatic hydroxyl groups is 1. The predicted molar refractivity (Wildman–Crippen MR) is 94.4 cm³/mol. The Morgan fingerprint density at radius 1 is 1.44 bits per heavy atom. The number of piperidine rings is 1. The first-order valence-corrected chi connectivity index (χ1v) is 9.09. The Labute approximate surface area is 147 Å². The normalized spacial score (nSPS) is 25.3. The molecule has 6 nitrogen and oxygen atoms in total. The number of aromatic nitrogens is 2. The molecule has 1 aliphatic carbocycles. The number of benzene rings is 1. The Bertz CT molecular complexity index is 790. The number of H-pyrrole nitrogens is 1. The predicted octanol–water partition coefficient (Wildman–Crippen LogP) is 2.26. The zero-order chi connectivity index (χ0) is 17.6. The van der Waals surface area contributed by atoms with Gasteiger partial charge in [-0.3, -0.25) is 9.89 Å². The monoisotopic (exact) mass is 343 g/mol. The first-order valence-electron chi connectivity index (χ1n) is 9.09. The molecule has 1 spiro atoms. The van der Waals surface area contributed by atoms with Crippen molar-refractivity contribution >= 4 is 16.8 Å². The second-order valence-corrected chi connectivity index (χ2v) is 7.34. The molecule has 2 fully saturated rings. The molecule has 1 aromatic carbocycles. The van der Waals surface area contributed by atoms with Gasteiger partial charge in [0.25, 0.3) is 5.91 Å². The lowest BCUT2D eigenvalue weighted by Crippen LogP contribution is -2.62. The summed E-state index contributed by atoms with van der Waals surface area (Å²) < 4.78 is 5.80. The number of nitrogens with zero attached hydrogens (tertiary/aromatic N) is 2. The summed E-state index contributed by atoms with van der Waals surface area (Å²) in [5.74, 6) is -0.0338. The number of carbonyl (C=O) groups excluding carboxylic acids is 1. The molecule has 0 bridgehead atoms. The number of rotatable bonds is 3. The number of aromatic amines is 1. The second kappa shape index (κ2) is 6.11. The number of hydrogen-bond donors (Lipinski definition) is 2. The molecule has 2 N–H and O–H groups in total. The summed E-state index contributed by atoms with van der Waals surface area (Å²) in [6.45, 7) is 5.94. The smallest absolute Gasteiger partial charge is 0.274 e. The molecule has 0 unspecified atom stereocenters. The van der Waals surface area contributed by atoms with Crippen LogP contribution in [-0.4, -0.2) is 58.0 Å². The fraction of sp³-hybridized carbons (Fsp3) is 0.579. The van der Waals surface area contributed by atoms with Gasteiger partial charge < -0.3 is 14.7 Å². The van der Waals surface area contributed by atoms with E-state index in [1.165, 1.54) is 0 Å². The molecule has 2 aliphatic rings. The summed E-state index contributed by atoms with van der Waals surface area (Å²) in [7, 11) is 0. The van der Waals surface area contributed by atoms with Gasteiger partial charge in [0.05, 0.1) is 17.7 Å². The Hall–Kier alpha value is -1.92. The van der Waals surface area contributed by atoms with E-state index < -0.39 is 0 Å². The van der Waals surface area contributed by atoms with E-state index in [9.17, 15) is 9.90 Å². The third kappa shape index (κ3) is 2.55. The third-order valence-corrected chi connectivity index (χ3v) is 6.01. The molecule has 0 radical (unpaired) electrons. The van der Waals surface area contributed by atoms with Crippen molar-refractivity contribution in [3.05, 3.63) is 29.5 Å². The number of amides is 1. The highest BCUT2D eigenvalue weighted by Gasteiger charge is 2.56. The zero-order valence-electron chi connectivity index (χ0n) is 14.8. The number of aliphatic hydroxyl groups excluding tert-OH is 1. The molecule has 1 aliphatic heterocycles. The van der Waals surface area contributed by atoms with E-state index in [1.54, 1.807) is 0 Å². The van der Waals surface area contributed by atoms with Gasteiger partial charge >= 0.3 is 0 Å². The van der Waals surface area contributed by atoms with Crippen molar-refractivity contribution < 1.29 is 14.6 Å². The van der Waals surface area contributed by atoms with Crippen LogP contribution in [0.15, 0.2) is 18.2 Å². The summed E-state index contributed by atoms with van der Waals surface area (Å²) in [6, 6.07) is 5.96. The third-order valence-electron chi connectivity index (χ3n) is 6.01. The van der Waals surface area contributed by atoms with E-state index in [-0.39, 0.29) is 23.5 Å². The molecule has 1 amide bonds. The standard InChI is InChI=1S/C19H25N3O3/c1-3-25-16-11-15(23)19(16)6-8-22(9-7-19)18(24)17-13-10-12(2)4-5-14(13)20-21-17/h4-5,10,15-16,23H,3,6-9,11H2,1-2H3,(H,20,21)/t15-,16-/m0/s1. The van der Waals surface area contributed by atoms with Gasteiger partial charge in [0.1, 0.15) is 0 Å². The Kier molecular flexibility index (Phi) is 4.04. The number of hydrogen-bond acceptors (Lipinski definition) is 4. The summed E-state index contributed by atoms with van der Waals surface area (Å²) in [5.41, 5.74) is 2.31. The maximum absolute atomic E-state index is 12.9. The molecule has 2 atom stereocenters. The van der Waals surface area contributed by atoms with Crippen LogP contribution in [0.4, 0.5) is 0 Å². The van der Waals surface area contributed by atoms with E-state index >= 15 is 0 Å². The number of aryl methyl sites for hydroxylation is 1. The van der Waals surface area contributed by atoms with Crippen LogP contribution in [0.2, 0.25) is 0 Å². The lowest BCUT2D eigenvalue weighted by Gasteiger charge is -2.56. The number of carbonyl (C=O) groups is 1. The summed E-state index contributed by atoms with van der Waals surface area (Å²) in [5, 5.41) is 18.4. The van der Waals surface area contributed by atoms with Crippen LogP contribution in [0.3, 0.4) is 0 Å². The van der Waals surface area contributed by atoms with Crippen molar-refractivity contribution in [3.8, 4) is 0 Å². The van der Waals surface area contributed by atoms with Crippen LogP contribution < -0.4 is 0 Å². The van der Waals surface area contributed by atoms with Crippen LogP contribution in [0.5, 0.6) is 0 Å². The van der Waals surface area contributed by atoms with Gasteiger partial charge in [0.15, 0.2) is 5.69 Å². The van der Waals surface area contributed by atoms with Crippen LogP contribution in [-0.2, 0) is 4.74 Å². The fourth-order valence-corrected chi connectivity index (χ4v) is 4.38. The van der Waals surface area contributed by atoms with E-state index in [0.717, 1.165) is 29.3 Å². The Morgan fingerprint density at radius 3 is 2.88 bits per heavy atom. The second-order valence-electron chi connectivity index (χ2n) is 7.34. The number of ether oxygens (including phenoxy) is 1. The maximum atomic E-state index is 12.9. The van der Waals surface area contributed by atoms with E-state index in [0.29, 0.717) is 31.8 Å². The van der Waals surface area contributed by atoms with Crippen molar-refractivity contribution in [2.75, 3.05) is 19.7 Å². The van der Waals surface area contributed by atoms with Crippen LogP contribution in [0, 0.1) is 12.3 Å². The highest BCUT2D eigenvalue weighted by molar-refractivity contribution is 6.04. The maximum Gasteiger partial charge on any atom is 0.274 e. The van der Waals surface area contributed by atoms with Gasteiger partial charge in [0, 0.05) is 36.9 Å². The van der Waals surface area contributed by atoms with E-state index in [2.05, 4.69) is 10.2 Å². The number of nitrogens with one attached hydrogen (secondary N) is 1.